The second-order valence-corrected chi connectivity index (χ2v) is 14.2. The Bertz CT molecular complexity index is 856. The zero-order valence-electron chi connectivity index (χ0n) is 22.6. The number of hydrogen-bond donors (Lipinski definition) is 0. The summed E-state index contributed by atoms with van der Waals surface area (Å²) in [5.41, 5.74) is 4.87. The Morgan fingerprint density at radius 3 is 1.51 bits per heavy atom. The van der Waals surface area contributed by atoms with Gasteiger partial charge in [-0.15, -0.1) is 0 Å². The third-order valence-corrected chi connectivity index (χ3v) is 13.0. The lowest BCUT2D eigenvalue weighted by molar-refractivity contribution is -0.172. The second-order valence-electron chi connectivity index (χ2n) is 14.2. The Hall–Kier alpha value is -0.780. The Kier molecular flexibility index (Phi) is 6.34. The van der Waals surface area contributed by atoms with Crippen molar-refractivity contribution >= 4 is 0 Å². The Balaban J connectivity index is 1.53. The normalized spacial score (nSPS) is 38.1. The SMILES string of the molecule is c1ccc2c(c1)CC(C1CC1)C(C1CCCC1)(C1CCC1)C2(C1CCCCCC1)C1CCCCC1. The zero-order valence-corrected chi connectivity index (χ0v) is 22.6. The fraction of sp³-hybridized carbons (Fsp3) is 0.829. The molecule has 6 aliphatic rings. The highest BCUT2D eigenvalue weighted by molar-refractivity contribution is 5.45. The summed E-state index contributed by atoms with van der Waals surface area (Å²) in [4.78, 5) is 0. The summed E-state index contributed by atoms with van der Waals surface area (Å²) in [6.45, 7) is 0. The van der Waals surface area contributed by atoms with Crippen LogP contribution < -0.4 is 0 Å². The summed E-state index contributed by atoms with van der Waals surface area (Å²) in [5.74, 6) is 6.03. The lowest BCUT2D eigenvalue weighted by atomic mass is 9.32. The molecule has 0 radical (unpaired) electrons. The number of fused-ring (bicyclic) bond motifs is 1. The molecule has 0 heterocycles. The second kappa shape index (κ2) is 9.51. The van der Waals surface area contributed by atoms with Gasteiger partial charge < -0.3 is 0 Å². The molecule has 0 aromatic heterocycles. The van der Waals surface area contributed by atoms with Crippen LogP contribution in [-0.4, -0.2) is 0 Å². The summed E-state index contributed by atoms with van der Waals surface area (Å²) in [6, 6.07) is 10.2. The fourth-order valence-electron chi connectivity index (χ4n) is 11.8. The van der Waals surface area contributed by atoms with E-state index in [4.69, 9.17) is 0 Å². The molecular formula is C35H52. The van der Waals surface area contributed by atoms with Crippen molar-refractivity contribution in [2.24, 2.45) is 40.9 Å². The average molecular weight is 473 g/mol. The number of hydrogen-bond acceptors (Lipinski definition) is 0. The third kappa shape index (κ3) is 3.50. The summed E-state index contributed by atoms with van der Waals surface area (Å²) in [7, 11) is 0. The maximum Gasteiger partial charge on any atom is 0.00766 e. The first-order valence-electron chi connectivity index (χ1n) is 16.4. The van der Waals surface area contributed by atoms with Crippen LogP contribution in [0.5, 0.6) is 0 Å². The van der Waals surface area contributed by atoms with Crippen LogP contribution in [0.15, 0.2) is 24.3 Å². The van der Waals surface area contributed by atoms with Crippen molar-refractivity contribution in [3.8, 4) is 0 Å². The van der Waals surface area contributed by atoms with Gasteiger partial charge in [-0.3, -0.25) is 0 Å². The zero-order chi connectivity index (χ0) is 23.3. The molecule has 3 atom stereocenters. The first-order valence-corrected chi connectivity index (χ1v) is 16.4. The molecule has 7 rings (SSSR count). The molecule has 5 fully saturated rings. The van der Waals surface area contributed by atoms with Crippen LogP contribution in [0.3, 0.4) is 0 Å². The van der Waals surface area contributed by atoms with Crippen molar-refractivity contribution in [1.29, 1.82) is 0 Å². The van der Waals surface area contributed by atoms with Gasteiger partial charge in [-0.2, -0.15) is 0 Å². The molecule has 0 amide bonds. The molecule has 0 nitrogen and oxygen atoms in total. The molecule has 0 bridgehead atoms. The molecule has 0 heteroatoms. The molecule has 0 spiro atoms. The van der Waals surface area contributed by atoms with E-state index in [1.165, 1.54) is 70.6 Å². The molecule has 0 aliphatic heterocycles. The monoisotopic (exact) mass is 472 g/mol. The van der Waals surface area contributed by atoms with Crippen molar-refractivity contribution in [1.82, 2.24) is 0 Å². The predicted molar refractivity (Wildman–Crippen MR) is 148 cm³/mol. The van der Waals surface area contributed by atoms with E-state index in [0.29, 0.717) is 10.8 Å². The number of rotatable bonds is 5. The van der Waals surface area contributed by atoms with Gasteiger partial charge in [-0.25, -0.2) is 0 Å². The van der Waals surface area contributed by atoms with E-state index in [-0.39, 0.29) is 0 Å². The van der Waals surface area contributed by atoms with Crippen molar-refractivity contribution < 1.29 is 0 Å². The Labute approximate surface area is 216 Å². The lowest BCUT2D eigenvalue weighted by Crippen LogP contribution is -2.68. The molecule has 1 aromatic carbocycles. The summed E-state index contributed by atoms with van der Waals surface area (Å²) in [5, 5.41) is 0. The van der Waals surface area contributed by atoms with E-state index in [2.05, 4.69) is 24.3 Å². The molecule has 192 valence electrons. The first-order chi connectivity index (χ1) is 17.4. The van der Waals surface area contributed by atoms with Gasteiger partial charge >= 0.3 is 0 Å². The van der Waals surface area contributed by atoms with Crippen LogP contribution in [0.4, 0.5) is 0 Å². The van der Waals surface area contributed by atoms with Gasteiger partial charge in [0.05, 0.1) is 0 Å². The molecule has 0 N–H and O–H groups in total. The summed E-state index contributed by atoms with van der Waals surface area (Å²) < 4.78 is 0. The van der Waals surface area contributed by atoms with Gasteiger partial charge in [-0.05, 0) is 123 Å². The minimum atomic E-state index is 0.486. The largest absolute Gasteiger partial charge is 0.0620 e. The van der Waals surface area contributed by atoms with Crippen molar-refractivity contribution in [3.63, 3.8) is 0 Å². The van der Waals surface area contributed by atoms with E-state index in [9.17, 15) is 0 Å². The van der Waals surface area contributed by atoms with Crippen molar-refractivity contribution in [2.45, 2.75) is 140 Å². The minimum absolute atomic E-state index is 0.486. The van der Waals surface area contributed by atoms with E-state index in [1.807, 2.05) is 11.1 Å². The van der Waals surface area contributed by atoms with Crippen LogP contribution in [0.1, 0.15) is 140 Å². The van der Waals surface area contributed by atoms with E-state index in [1.54, 1.807) is 64.2 Å². The van der Waals surface area contributed by atoms with Gasteiger partial charge in [-0.1, -0.05) is 88.5 Å². The van der Waals surface area contributed by atoms with Crippen LogP contribution in [0.25, 0.3) is 0 Å². The van der Waals surface area contributed by atoms with Gasteiger partial charge in [0, 0.05) is 5.41 Å². The van der Waals surface area contributed by atoms with Crippen LogP contribution >= 0.6 is 0 Å². The first kappa shape index (κ1) is 23.3. The van der Waals surface area contributed by atoms with Crippen LogP contribution in [0, 0.1) is 40.9 Å². The summed E-state index contributed by atoms with van der Waals surface area (Å²) >= 11 is 0. The lowest BCUT2D eigenvalue weighted by Gasteiger charge is -2.71. The van der Waals surface area contributed by atoms with E-state index < -0.39 is 0 Å². The van der Waals surface area contributed by atoms with Gasteiger partial charge in [0.25, 0.3) is 0 Å². The Morgan fingerprint density at radius 1 is 0.486 bits per heavy atom. The number of benzene rings is 1. The van der Waals surface area contributed by atoms with Crippen LogP contribution in [0.2, 0.25) is 0 Å². The van der Waals surface area contributed by atoms with Gasteiger partial charge in [0.15, 0.2) is 0 Å². The highest BCUT2D eigenvalue weighted by atomic mass is 14.7. The minimum Gasteiger partial charge on any atom is -0.0620 e. The van der Waals surface area contributed by atoms with Crippen molar-refractivity contribution in [2.75, 3.05) is 0 Å². The standard InChI is InChI=1S/C35H52/c1-2-5-15-28(14-4-1)34(29-16-6-3-7-17-29)32-22-11-8-13-27(32)25-33(26-23-24-26)35(34,31-20-12-21-31)30-18-9-10-19-30/h8,11,13,22,26,28-31,33H,1-7,9-10,12,14-21,23-25H2. The predicted octanol–water partition coefficient (Wildman–Crippen LogP) is 10.0. The third-order valence-electron chi connectivity index (χ3n) is 13.0. The highest BCUT2D eigenvalue weighted by Gasteiger charge is 2.71. The summed E-state index contributed by atoms with van der Waals surface area (Å²) in [6.07, 6.45) is 32.2. The highest BCUT2D eigenvalue weighted by Crippen LogP contribution is 2.76. The molecule has 35 heavy (non-hydrogen) atoms. The van der Waals surface area contributed by atoms with E-state index in [0.717, 1.165) is 35.5 Å². The molecule has 3 unspecified atom stereocenters. The molecule has 0 saturated heterocycles. The molecule has 5 saturated carbocycles. The average Bonchev–Trinajstić information content (AvgIpc) is 3.63. The Morgan fingerprint density at radius 2 is 0.971 bits per heavy atom. The molecular weight excluding hydrogens is 420 g/mol. The maximum atomic E-state index is 2.74. The fourth-order valence-corrected chi connectivity index (χ4v) is 11.8. The van der Waals surface area contributed by atoms with Gasteiger partial charge in [0.1, 0.15) is 0 Å². The molecule has 1 aromatic rings. The van der Waals surface area contributed by atoms with E-state index >= 15 is 0 Å². The quantitative estimate of drug-likeness (QED) is 0.374. The topological polar surface area (TPSA) is 0 Å². The van der Waals surface area contributed by atoms with Crippen molar-refractivity contribution in [3.05, 3.63) is 35.4 Å². The van der Waals surface area contributed by atoms with Crippen LogP contribution in [-0.2, 0) is 11.8 Å². The maximum absolute atomic E-state index is 2.74. The molecule has 6 aliphatic carbocycles. The van der Waals surface area contributed by atoms with Gasteiger partial charge in [0.2, 0.25) is 0 Å². The smallest absolute Gasteiger partial charge is 0.00766 e.